The summed E-state index contributed by atoms with van der Waals surface area (Å²) < 4.78 is 11.4. The monoisotopic (exact) mass is 658 g/mol. The molecular weight excluding hydrogens is 636 g/mol. The van der Waals surface area contributed by atoms with Crippen LogP contribution in [0.3, 0.4) is 0 Å². The molecule has 0 saturated heterocycles. The average molecular weight is 659 g/mol. The van der Waals surface area contributed by atoms with Gasteiger partial charge in [0.1, 0.15) is 42.8 Å². The number of carboxylic acids is 6. The van der Waals surface area contributed by atoms with Gasteiger partial charge in [0, 0.05) is 0 Å². The van der Waals surface area contributed by atoms with Crippen molar-refractivity contribution in [3.8, 4) is 23.6 Å². The quantitative estimate of drug-likeness (QED) is 0.127. The van der Waals surface area contributed by atoms with Crippen LogP contribution in [-0.2, 0) is 9.59 Å². The van der Waals surface area contributed by atoms with Crippen molar-refractivity contribution in [2.45, 2.75) is 11.8 Å². The van der Waals surface area contributed by atoms with Gasteiger partial charge in [-0.15, -0.1) is 0 Å². The van der Waals surface area contributed by atoms with E-state index in [2.05, 4.69) is 0 Å². The number of rotatable bonds is 15. The number of benzene rings is 3. The summed E-state index contributed by atoms with van der Waals surface area (Å²) in [7, 11) is 0. The van der Waals surface area contributed by atoms with E-state index in [4.69, 9.17) is 20.0 Å². The average Bonchev–Trinajstić information content (AvgIpc) is 3.03. The van der Waals surface area contributed by atoms with Crippen molar-refractivity contribution in [1.29, 1.82) is 10.5 Å². The Morgan fingerprint density at radius 2 is 1.00 bits per heavy atom. The maximum atomic E-state index is 12.2. The summed E-state index contributed by atoms with van der Waals surface area (Å²) in [5.74, 6) is -12.8. The number of aliphatic carboxylic acids is 2. The standard InChI is InChI=1S/C32H22N2O14/c33-11-16(12-34)7-15-1-6-25(47-13-23(31(43)44)17-2-4-19(27(35)36)21(9-17)29(39)40)26(8-15)48-14-24(32(45)46)18-3-5-20(28(37)38)22(10-18)30(41)42/h1-10,23-24H,13-14H2,(H,35,36)(H,37,38)(H,39,40)(H,41,42)(H,43,44)(H,45,46). The molecule has 3 rings (SSSR count). The van der Waals surface area contributed by atoms with Crippen molar-refractivity contribution in [2.24, 2.45) is 0 Å². The van der Waals surface area contributed by atoms with Crippen LogP contribution in [0.25, 0.3) is 6.08 Å². The molecule has 0 spiro atoms. The molecule has 0 bridgehead atoms. The van der Waals surface area contributed by atoms with Crippen LogP contribution in [0.5, 0.6) is 11.5 Å². The lowest BCUT2D eigenvalue weighted by molar-refractivity contribution is -0.140. The highest BCUT2D eigenvalue weighted by molar-refractivity contribution is 6.02. The van der Waals surface area contributed by atoms with Gasteiger partial charge in [-0.25, -0.2) is 19.2 Å². The number of hydrogen-bond acceptors (Lipinski definition) is 10. The molecule has 16 heteroatoms. The van der Waals surface area contributed by atoms with Gasteiger partial charge >= 0.3 is 35.8 Å². The molecule has 16 nitrogen and oxygen atoms in total. The van der Waals surface area contributed by atoms with Crippen molar-refractivity contribution in [3.63, 3.8) is 0 Å². The van der Waals surface area contributed by atoms with Gasteiger partial charge in [-0.05, 0) is 59.2 Å². The highest BCUT2D eigenvalue weighted by Gasteiger charge is 2.27. The van der Waals surface area contributed by atoms with E-state index in [1.807, 2.05) is 0 Å². The summed E-state index contributed by atoms with van der Waals surface area (Å²) in [4.78, 5) is 70.4. The van der Waals surface area contributed by atoms with E-state index in [1.54, 1.807) is 12.1 Å². The van der Waals surface area contributed by atoms with Gasteiger partial charge in [-0.1, -0.05) is 18.2 Å². The van der Waals surface area contributed by atoms with Gasteiger partial charge in [-0.3, -0.25) is 9.59 Å². The minimum absolute atomic E-state index is 0.121. The van der Waals surface area contributed by atoms with Crippen molar-refractivity contribution in [1.82, 2.24) is 0 Å². The fourth-order valence-electron chi connectivity index (χ4n) is 4.35. The first kappa shape index (κ1) is 35.3. The molecule has 244 valence electrons. The van der Waals surface area contributed by atoms with E-state index < -0.39 is 83.1 Å². The van der Waals surface area contributed by atoms with Crippen LogP contribution in [0.4, 0.5) is 0 Å². The summed E-state index contributed by atoms with van der Waals surface area (Å²) in [5, 5.41) is 75.5. The first-order valence-corrected chi connectivity index (χ1v) is 13.3. The Morgan fingerprint density at radius 3 is 1.38 bits per heavy atom. The van der Waals surface area contributed by atoms with Crippen LogP contribution in [0.2, 0.25) is 0 Å². The maximum absolute atomic E-state index is 12.2. The summed E-state index contributed by atoms with van der Waals surface area (Å²) in [5.41, 5.74) is -2.88. The van der Waals surface area contributed by atoms with Crippen molar-refractivity contribution in [3.05, 3.63) is 99.1 Å². The Hall–Kier alpha value is -7.20. The van der Waals surface area contributed by atoms with Crippen LogP contribution in [0.1, 0.15) is 70.0 Å². The maximum Gasteiger partial charge on any atom is 0.336 e. The minimum atomic E-state index is -1.62. The number of nitriles is 2. The van der Waals surface area contributed by atoms with E-state index in [9.17, 15) is 59.4 Å². The zero-order valence-corrected chi connectivity index (χ0v) is 24.2. The van der Waals surface area contributed by atoms with E-state index in [-0.39, 0.29) is 33.8 Å². The van der Waals surface area contributed by atoms with Crippen molar-refractivity contribution in [2.75, 3.05) is 13.2 Å². The summed E-state index contributed by atoms with van der Waals surface area (Å²) in [6.07, 6.45) is 1.16. The van der Waals surface area contributed by atoms with Crippen LogP contribution < -0.4 is 9.47 Å². The van der Waals surface area contributed by atoms with Gasteiger partial charge in [0.15, 0.2) is 11.5 Å². The molecule has 0 aliphatic heterocycles. The van der Waals surface area contributed by atoms with Gasteiger partial charge < -0.3 is 40.1 Å². The Bertz CT molecular complexity index is 1930. The van der Waals surface area contributed by atoms with E-state index >= 15 is 0 Å². The molecule has 6 N–H and O–H groups in total. The molecule has 2 atom stereocenters. The Kier molecular flexibility index (Phi) is 11.2. The molecule has 48 heavy (non-hydrogen) atoms. The Morgan fingerprint density at radius 1 is 0.583 bits per heavy atom. The molecule has 0 aliphatic rings. The lowest BCUT2D eigenvalue weighted by Crippen LogP contribution is -2.22. The smallest absolute Gasteiger partial charge is 0.336 e. The molecule has 0 saturated carbocycles. The first-order valence-electron chi connectivity index (χ1n) is 13.3. The minimum Gasteiger partial charge on any atom is -0.488 e. The van der Waals surface area contributed by atoms with Gasteiger partial charge in [0.05, 0.1) is 22.3 Å². The van der Waals surface area contributed by atoms with E-state index in [0.717, 1.165) is 42.5 Å². The first-order chi connectivity index (χ1) is 22.7. The third-order valence-electron chi connectivity index (χ3n) is 6.74. The third kappa shape index (κ3) is 8.29. The number of aromatic carboxylic acids is 4. The number of carboxylic acid groups (broad SMARTS) is 6. The fourth-order valence-corrected chi connectivity index (χ4v) is 4.35. The van der Waals surface area contributed by atoms with Gasteiger partial charge in [0.25, 0.3) is 0 Å². The van der Waals surface area contributed by atoms with Crippen LogP contribution in [0, 0.1) is 22.7 Å². The molecule has 0 amide bonds. The van der Waals surface area contributed by atoms with Crippen LogP contribution >= 0.6 is 0 Å². The molecule has 3 aromatic rings. The second kappa shape index (κ2) is 15.2. The Labute approximate surface area is 269 Å². The fraction of sp³-hybridized carbons (Fsp3) is 0.125. The lowest BCUT2D eigenvalue weighted by Gasteiger charge is -2.19. The second-order valence-corrected chi connectivity index (χ2v) is 9.72. The van der Waals surface area contributed by atoms with Crippen LogP contribution in [-0.4, -0.2) is 79.7 Å². The summed E-state index contributed by atoms with van der Waals surface area (Å²) >= 11 is 0. The number of allylic oxidation sites excluding steroid dienone is 1. The van der Waals surface area contributed by atoms with E-state index in [1.165, 1.54) is 18.2 Å². The topological polar surface area (TPSA) is 290 Å². The van der Waals surface area contributed by atoms with Crippen molar-refractivity contribution < 1.29 is 68.9 Å². The molecule has 2 unspecified atom stereocenters. The highest BCUT2D eigenvalue weighted by Crippen LogP contribution is 2.33. The predicted octanol–water partition coefficient (Wildman–Crippen LogP) is 3.40. The zero-order chi connectivity index (χ0) is 35.7. The number of ether oxygens (including phenoxy) is 2. The van der Waals surface area contributed by atoms with Gasteiger partial charge in [0.2, 0.25) is 0 Å². The van der Waals surface area contributed by atoms with Gasteiger partial charge in [-0.2, -0.15) is 10.5 Å². The second-order valence-electron chi connectivity index (χ2n) is 9.72. The Balaban J connectivity index is 2.02. The number of carbonyl (C=O) groups is 6. The number of nitrogens with zero attached hydrogens (tertiary/aromatic N) is 2. The van der Waals surface area contributed by atoms with E-state index in [0.29, 0.717) is 0 Å². The largest absolute Gasteiger partial charge is 0.488 e. The molecule has 0 fully saturated rings. The molecule has 0 aromatic heterocycles. The SMILES string of the molecule is N#CC(C#N)=Cc1ccc(OCC(C(=O)O)c2ccc(C(=O)O)c(C(=O)O)c2)c(OCC(C(=O)O)c2ccc(C(=O)O)c(C(=O)O)c2)c1. The third-order valence-corrected chi connectivity index (χ3v) is 6.74. The molecule has 3 aromatic carbocycles. The molecule has 0 heterocycles. The molecule has 0 aliphatic carbocycles. The van der Waals surface area contributed by atoms with Crippen LogP contribution in [0.15, 0.2) is 60.2 Å². The number of hydrogen-bond donors (Lipinski definition) is 6. The normalized spacial score (nSPS) is 11.5. The highest BCUT2D eigenvalue weighted by atomic mass is 16.5. The molecular formula is C32H22N2O14. The summed E-state index contributed by atoms with van der Waals surface area (Å²) in [6.45, 7) is -1.37. The lowest BCUT2D eigenvalue weighted by atomic mass is 9.95. The molecule has 0 radical (unpaired) electrons. The predicted molar refractivity (Wildman–Crippen MR) is 158 cm³/mol. The van der Waals surface area contributed by atoms with Crippen molar-refractivity contribution >= 4 is 41.9 Å². The zero-order valence-electron chi connectivity index (χ0n) is 24.2. The summed E-state index contributed by atoms with van der Waals surface area (Å²) in [6, 6.07) is 13.0.